The molecule has 0 radical (unpaired) electrons. The third kappa shape index (κ3) is 3.82. The zero-order valence-electron chi connectivity index (χ0n) is 12.1. The zero-order valence-corrected chi connectivity index (χ0v) is 15.0. The van der Waals surface area contributed by atoms with Gasteiger partial charge in [0.1, 0.15) is 0 Å². The first kappa shape index (κ1) is 15.0. The molecular weight excluding hydrogens is 337 g/mol. The molecule has 0 amide bonds. The summed E-state index contributed by atoms with van der Waals surface area (Å²) in [6.45, 7) is 11.7. The van der Waals surface area contributed by atoms with Crippen molar-refractivity contribution in [1.82, 2.24) is 4.90 Å². The quantitative estimate of drug-likeness (QED) is 0.720. The van der Waals surface area contributed by atoms with E-state index >= 15 is 0 Å². The van der Waals surface area contributed by atoms with Crippen LogP contribution < -0.4 is 0 Å². The van der Waals surface area contributed by atoms with E-state index in [2.05, 4.69) is 32.6 Å². The molecule has 106 valence electrons. The van der Waals surface area contributed by atoms with E-state index in [0.717, 1.165) is 30.5 Å². The van der Waals surface area contributed by atoms with Crippen molar-refractivity contribution < 1.29 is 9.22 Å². The Labute approximate surface area is 116 Å². The van der Waals surface area contributed by atoms with Crippen molar-refractivity contribution in [2.24, 2.45) is 0 Å². The van der Waals surface area contributed by atoms with E-state index in [0.29, 0.717) is 0 Å². The Morgan fingerprint density at radius 3 is 1.78 bits per heavy atom. The molecule has 3 fully saturated rings. The molecule has 3 saturated heterocycles. The molecule has 18 heavy (non-hydrogen) atoms. The van der Waals surface area contributed by atoms with E-state index in [1.54, 1.807) is 0 Å². The Balaban J connectivity index is 2.18. The van der Waals surface area contributed by atoms with Gasteiger partial charge < -0.3 is 0 Å². The van der Waals surface area contributed by atoms with Crippen LogP contribution in [0.5, 0.6) is 0 Å². The van der Waals surface area contributed by atoms with Gasteiger partial charge in [0.05, 0.1) is 0 Å². The van der Waals surface area contributed by atoms with Crippen molar-refractivity contribution in [2.75, 3.05) is 19.6 Å². The van der Waals surface area contributed by atoms with Crippen LogP contribution >= 0.6 is 0 Å². The minimum atomic E-state index is -3.31. The normalized spacial score (nSPS) is 45.3. The number of fused-ring (bicyclic) bond motifs is 6. The fourth-order valence-electron chi connectivity index (χ4n) is 3.00. The monoisotopic (exact) mass is 365 g/mol. The SMILES string of the molecule is CCC[CH2][Sn]12[O]C(C)CN(CC(C)[O]1)CC(C)[O]2. The van der Waals surface area contributed by atoms with E-state index in [-0.39, 0.29) is 18.3 Å². The number of nitrogens with zero attached hydrogens (tertiary/aromatic N) is 1. The Morgan fingerprint density at radius 1 is 0.944 bits per heavy atom. The average Bonchev–Trinajstić information content (AvgIpc) is 2.21. The van der Waals surface area contributed by atoms with Gasteiger partial charge in [0, 0.05) is 0 Å². The molecule has 2 bridgehead atoms. The summed E-state index contributed by atoms with van der Waals surface area (Å²) in [5, 5.41) is 0. The maximum absolute atomic E-state index is 6.32. The second-order valence-electron chi connectivity index (χ2n) is 5.79. The van der Waals surface area contributed by atoms with E-state index in [1.165, 1.54) is 6.42 Å². The zero-order chi connectivity index (χ0) is 13.2. The van der Waals surface area contributed by atoms with Crippen molar-refractivity contribution in [3.63, 3.8) is 0 Å². The van der Waals surface area contributed by atoms with Crippen molar-refractivity contribution in [1.29, 1.82) is 0 Å². The van der Waals surface area contributed by atoms with Crippen LogP contribution in [-0.4, -0.2) is 62.5 Å². The third-order valence-electron chi connectivity index (χ3n) is 3.52. The number of unbranched alkanes of at least 4 members (excludes halogenated alkanes) is 1. The van der Waals surface area contributed by atoms with Gasteiger partial charge in [0.25, 0.3) is 0 Å². The first-order chi connectivity index (χ1) is 8.53. The average molecular weight is 364 g/mol. The summed E-state index contributed by atoms with van der Waals surface area (Å²) in [6, 6.07) is 0. The Morgan fingerprint density at radius 2 is 1.39 bits per heavy atom. The van der Waals surface area contributed by atoms with Crippen LogP contribution in [0.3, 0.4) is 0 Å². The van der Waals surface area contributed by atoms with Crippen molar-refractivity contribution in [3.8, 4) is 0 Å². The summed E-state index contributed by atoms with van der Waals surface area (Å²) in [6.07, 6.45) is 3.08. The number of rotatable bonds is 3. The van der Waals surface area contributed by atoms with Gasteiger partial charge in [-0.2, -0.15) is 0 Å². The van der Waals surface area contributed by atoms with Gasteiger partial charge >= 0.3 is 117 Å². The van der Waals surface area contributed by atoms with Crippen molar-refractivity contribution in [3.05, 3.63) is 0 Å². The molecule has 3 heterocycles. The second kappa shape index (κ2) is 6.39. The Kier molecular flexibility index (Phi) is 5.34. The molecule has 0 aromatic heterocycles. The van der Waals surface area contributed by atoms with E-state index in [1.807, 2.05) is 0 Å². The predicted molar refractivity (Wildman–Crippen MR) is 73.6 cm³/mol. The standard InChI is InChI=1S/C9H18NO3.C4H9.Sn/c1-7(11)4-10(5-8(2)12)6-9(3)13;1-3-4-2;/h7-9H,4-6H2,1-3H3;1,3-4H2,2H3;/q-3;;+3. The van der Waals surface area contributed by atoms with Gasteiger partial charge in [-0.15, -0.1) is 0 Å². The minimum absolute atomic E-state index is 0.248. The molecule has 0 N–H and O–H groups in total. The van der Waals surface area contributed by atoms with Crippen LogP contribution in [-0.2, 0) is 9.22 Å². The molecule has 5 heteroatoms. The van der Waals surface area contributed by atoms with Crippen LogP contribution in [0.2, 0.25) is 4.44 Å². The molecule has 0 aromatic rings. The molecule has 3 rings (SSSR count). The number of hydrogen-bond acceptors (Lipinski definition) is 4. The van der Waals surface area contributed by atoms with Crippen LogP contribution in [0.4, 0.5) is 0 Å². The van der Waals surface area contributed by atoms with Crippen molar-refractivity contribution >= 4 is 19.6 Å². The van der Waals surface area contributed by atoms with E-state index in [9.17, 15) is 0 Å². The van der Waals surface area contributed by atoms with Crippen LogP contribution in [0.1, 0.15) is 40.5 Å². The number of hydrogen-bond donors (Lipinski definition) is 0. The maximum atomic E-state index is 6.32. The van der Waals surface area contributed by atoms with Gasteiger partial charge in [0.15, 0.2) is 0 Å². The van der Waals surface area contributed by atoms with E-state index < -0.39 is 19.6 Å². The van der Waals surface area contributed by atoms with Crippen LogP contribution in [0, 0.1) is 0 Å². The van der Waals surface area contributed by atoms with Crippen LogP contribution in [0.25, 0.3) is 0 Å². The van der Waals surface area contributed by atoms with Gasteiger partial charge in [-0.3, -0.25) is 0 Å². The summed E-state index contributed by atoms with van der Waals surface area (Å²) < 4.78 is 20.0. The van der Waals surface area contributed by atoms with Gasteiger partial charge in [-0.1, -0.05) is 0 Å². The Bertz CT molecular complexity index is 241. The Hall–Kier alpha value is 0.639. The molecule has 3 unspecified atom stereocenters. The fraction of sp³-hybridized carbons (Fsp3) is 1.00. The summed E-state index contributed by atoms with van der Waals surface area (Å²) in [5.74, 6) is 0. The summed E-state index contributed by atoms with van der Waals surface area (Å²) in [5.41, 5.74) is 0. The van der Waals surface area contributed by atoms with E-state index in [4.69, 9.17) is 9.22 Å². The molecule has 0 saturated carbocycles. The van der Waals surface area contributed by atoms with Gasteiger partial charge in [-0.05, 0) is 0 Å². The van der Waals surface area contributed by atoms with Gasteiger partial charge in [0.2, 0.25) is 0 Å². The molecule has 3 aliphatic heterocycles. The summed E-state index contributed by atoms with van der Waals surface area (Å²) >= 11 is -3.31. The summed E-state index contributed by atoms with van der Waals surface area (Å²) in [4.78, 5) is 2.41. The molecular formula is C13H27NO3Sn. The third-order valence-corrected chi connectivity index (χ3v) is 12.8. The molecule has 0 aromatic carbocycles. The van der Waals surface area contributed by atoms with Crippen LogP contribution in [0.15, 0.2) is 0 Å². The first-order valence-corrected chi connectivity index (χ1v) is 12.8. The predicted octanol–water partition coefficient (Wildman–Crippen LogP) is 2.27. The topological polar surface area (TPSA) is 30.9 Å². The molecule has 0 spiro atoms. The molecule has 4 nitrogen and oxygen atoms in total. The van der Waals surface area contributed by atoms with Crippen molar-refractivity contribution in [2.45, 2.75) is 63.3 Å². The second-order valence-corrected chi connectivity index (χ2v) is 13.1. The van der Waals surface area contributed by atoms with Gasteiger partial charge in [-0.25, -0.2) is 0 Å². The molecule has 0 aliphatic carbocycles. The molecule has 3 aliphatic rings. The first-order valence-electron chi connectivity index (χ1n) is 7.29. The fourth-order valence-corrected chi connectivity index (χ4v) is 12.6. The summed E-state index contributed by atoms with van der Waals surface area (Å²) in [7, 11) is 0. The molecule has 3 atom stereocenters.